The first-order valence-electron chi connectivity index (χ1n) is 12.9. The summed E-state index contributed by atoms with van der Waals surface area (Å²) >= 11 is 2.54. The van der Waals surface area contributed by atoms with E-state index in [1.54, 1.807) is 0 Å². The normalized spacial score (nSPS) is 14.5. The number of carbonyl (C=O) groups is 1. The summed E-state index contributed by atoms with van der Waals surface area (Å²) in [5.41, 5.74) is 10.3. The van der Waals surface area contributed by atoms with Crippen molar-refractivity contribution < 1.29 is 14.6 Å². The van der Waals surface area contributed by atoms with E-state index < -0.39 is 5.60 Å². The zero-order valence-electron chi connectivity index (χ0n) is 22.7. The molecule has 0 bridgehead atoms. The van der Waals surface area contributed by atoms with Crippen LogP contribution in [0.1, 0.15) is 74.8 Å². The summed E-state index contributed by atoms with van der Waals surface area (Å²) in [4.78, 5) is 11.9. The molecule has 0 aliphatic heterocycles. The predicted octanol–water partition coefficient (Wildman–Crippen LogP) is 5.84. The summed E-state index contributed by atoms with van der Waals surface area (Å²) in [5, 5.41) is 13.4. The second-order valence-electron chi connectivity index (χ2n) is 9.56. The van der Waals surface area contributed by atoms with Crippen LogP contribution in [0.3, 0.4) is 0 Å². The first-order valence-corrected chi connectivity index (χ1v) is 14.2. The Morgan fingerprint density at radius 1 is 1.08 bits per heavy atom. The summed E-state index contributed by atoms with van der Waals surface area (Å²) in [6, 6.07) is 13.0. The largest absolute Gasteiger partial charge is 0.484 e. The number of aryl methyl sites for hydroxylation is 2. The number of nitrogens with two attached hydrogens (primary N) is 1. The number of amides is 1. The zero-order chi connectivity index (χ0) is 26.9. The van der Waals surface area contributed by atoms with Gasteiger partial charge in [-0.15, -0.1) is 0 Å². The molecule has 36 heavy (non-hydrogen) atoms. The van der Waals surface area contributed by atoms with Crippen LogP contribution in [-0.2, 0) is 10.2 Å². The number of carbonyl (C=O) groups excluding carboxylic acids is 1. The van der Waals surface area contributed by atoms with Gasteiger partial charge < -0.3 is 20.9 Å². The molecule has 0 aromatic heterocycles. The van der Waals surface area contributed by atoms with Crippen LogP contribution in [0.15, 0.2) is 42.5 Å². The first kappa shape index (κ1) is 30.3. The number of hydrogen-bond acceptors (Lipinski definition) is 4. The van der Waals surface area contributed by atoms with Gasteiger partial charge in [-0.3, -0.25) is 4.79 Å². The predicted molar refractivity (Wildman–Crippen MR) is 159 cm³/mol. The van der Waals surface area contributed by atoms with Crippen molar-refractivity contribution >= 4 is 34.6 Å². The minimum Gasteiger partial charge on any atom is -0.484 e. The third-order valence-electron chi connectivity index (χ3n) is 7.33. The lowest BCUT2D eigenvalue weighted by atomic mass is 9.69. The average molecular weight is 607 g/mol. The maximum absolute atomic E-state index is 11.9. The summed E-state index contributed by atoms with van der Waals surface area (Å²) < 4.78 is 6.12. The van der Waals surface area contributed by atoms with Crippen molar-refractivity contribution in [1.29, 1.82) is 0 Å². The van der Waals surface area contributed by atoms with E-state index in [0.29, 0.717) is 35.6 Å². The van der Waals surface area contributed by atoms with E-state index in [9.17, 15) is 9.90 Å². The molecule has 2 rings (SSSR count). The molecule has 1 amide bonds. The molecule has 0 heterocycles. The molecular weight excluding hydrogens is 563 g/mol. The lowest BCUT2D eigenvalue weighted by Crippen LogP contribution is -2.35. The Bertz CT molecular complexity index is 1050. The fourth-order valence-corrected chi connectivity index (χ4v) is 5.84. The molecule has 0 aliphatic carbocycles. The first-order chi connectivity index (χ1) is 17.1. The average Bonchev–Trinajstić information content (AvgIpc) is 2.86. The van der Waals surface area contributed by atoms with Gasteiger partial charge in [-0.1, -0.05) is 92.8 Å². The van der Waals surface area contributed by atoms with E-state index in [-0.39, 0.29) is 17.9 Å². The number of alkyl halides is 1. The van der Waals surface area contributed by atoms with Crippen molar-refractivity contribution in [2.45, 2.75) is 75.7 Å². The number of hydrogen-bond donors (Lipinski definition) is 3. The molecule has 2 atom stereocenters. The number of ether oxygens (including phenoxy) is 1. The molecular formula is C30H43IN2O3. The molecule has 2 aromatic carbocycles. The molecule has 6 heteroatoms. The van der Waals surface area contributed by atoms with Gasteiger partial charge in [0, 0.05) is 22.4 Å². The van der Waals surface area contributed by atoms with Crippen molar-refractivity contribution in [3.8, 4) is 5.75 Å². The maximum Gasteiger partial charge on any atom is 0.257 e. The van der Waals surface area contributed by atoms with E-state index in [1.807, 2.05) is 39.0 Å². The van der Waals surface area contributed by atoms with Crippen LogP contribution in [0, 0.1) is 13.8 Å². The molecule has 0 saturated heterocycles. The lowest BCUT2D eigenvalue weighted by Gasteiger charge is -2.38. The van der Waals surface area contributed by atoms with Crippen LogP contribution in [0.25, 0.3) is 6.08 Å². The Labute approximate surface area is 231 Å². The summed E-state index contributed by atoms with van der Waals surface area (Å²) in [5.74, 6) is 0.539. The molecule has 0 spiro atoms. The number of halogens is 1. The van der Waals surface area contributed by atoms with E-state index in [0.717, 1.165) is 17.5 Å². The van der Waals surface area contributed by atoms with Crippen molar-refractivity contribution in [2.24, 2.45) is 5.73 Å². The fourth-order valence-electron chi connectivity index (χ4n) is 4.68. The minimum absolute atomic E-state index is 0.0266. The van der Waals surface area contributed by atoms with E-state index in [2.05, 4.69) is 79.0 Å². The number of benzene rings is 2. The highest BCUT2D eigenvalue weighted by Gasteiger charge is 2.37. The third kappa shape index (κ3) is 7.11. The fraction of sp³-hybridized carbons (Fsp3) is 0.500. The highest BCUT2D eigenvalue weighted by atomic mass is 127. The number of rotatable bonds is 13. The molecule has 0 fully saturated rings. The van der Waals surface area contributed by atoms with Gasteiger partial charge in [-0.25, -0.2) is 0 Å². The van der Waals surface area contributed by atoms with Crippen LogP contribution < -0.4 is 15.8 Å². The molecule has 198 valence electrons. The monoisotopic (exact) mass is 606 g/mol. The number of nitrogens with one attached hydrogen (secondary N) is 1. The Hall–Kier alpha value is -1.90. The van der Waals surface area contributed by atoms with E-state index in [4.69, 9.17) is 10.5 Å². The van der Waals surface area contributed by atoms with Gasteiger partial charge in [-0.2, -0.15) is 0 Å². The van der Waals surface area contributed by atoms with Gasteiger partial charge in [0.2, 0.25) is 0 Å². The Morgan fingerprint density at radius 2 is 1.69 bits per heavy atom. The van der Waals surface area contributed by atoms with Gasteiger partial charge in [0.25, 0.3) is 5.91 Å². The molecule has 0 radical (unpaired) electrons. The second kappa shape index (κ2) is 13.6. The zero-order valence-corrected chi connectivity index (χ0v) is 24.8. The Balaban J connectivity index is 2.40. The SMILES string of the molecule is CCC(O)(C=Cc1ccc(C(CC)(c2ccc(OCC(=O)NCCN)c(C)c2)C(C)I)cc1C)CC. The summed E-state index contributed by atoms with van der Waals surface area (Å²) in [6.07, 6.45) is 6.31. The van der Waals surface area contributed by atoms with Crippen molar-refractivity contribution in [3.05, 3.63) is 70.3 Å². The lowest BCUT2D eigenvalue weighted by molar-refractivity contribution is -0.123. The highest BCUT2D eigenvalue weighted by molar-refractivity contribution is 14.1. The second-order valence-corrected chi connectivity index (χ2v) is 11.4. The molecule has 5 nitrogen and oxygen atoms in total. The smallest absolute Gasteiger partial charge is 0.257 e. The quantitative estimate of drug-likeness (QED) is 0.198. The molecule has 4 N–H and O–H groups in total. The van der Waals surface area contributed by atoms with Crippen LogP contribution in [0.4, 0.5) is 0 Å². The van der Waals surface area contributed by atoms with Gasteiger partial charge in [0.15, 0.2) is 6.61 Å². The van der Waals surface area contributed by atoms with E-state index in [1.165, 1.54) is 16.7 Å². The minimum atomic E-state index is -0.762. The van der Waals surface area contributed by atoms with Crippen LogP contribution in [-0.4, -0.2) is 40.2 Å². The maximum atomic E-state index is 11.9. The van der Waals surface area contributed by atoms with Crippen molar-refractivity contribution in [3.63, 3.8) is 0 Å². The van der Waals surface area contributed by atoms with E-state index >= 15 is 0 Å². The highest BCUT2D eigenvalue weighted by Crippen LogP contribution is 2.44. The topological polar surface area (TPSA) is 84.6 Å². The van der Waals surface area contributed by atoms with Crippen LogP contribution >= 0.6 is 22.6 Å². The van der Waals surface area contributed by atoms with Gasteiger partial charge >= 0.3 is 0 Å². The van der Waals surface area contributed by atoms with Crippen molar-refractivity contribution in [1.82, 2.24) is 5.32 Å². The van der Waals surface area contributed by atoms with Crippen LogP contribution in [0.5, 0.6) is 5.75 Å². The standard InChI is InChI=1S/C30H43IN2O3/c1-7-29(35,8-2)15-14-24-10-11-25(18-21(24)4)30(9-3,23(6)31)26-12-13-27(22(5)19-26)36-20-28(34)33-17-16-32/h10-15,18-19,23,35H,7-9,16-17,20,32H2,1-6H3,(H,33,34). The summed E-state index contributed by atoms with van der Waals surface area (Å²) in [6.45, 7) is 13.5. The molecule has 2 aromatic rings. The molecule has 0 saturated carbocycles. The molecule has 0 aliphatic rings. The van der Waals surface area contributed by atoms with Crippen molar-refractivity contribution in [2.75, 3.05) is 19.7 Å². The van der Waals surface area contributed by atoms with Gasteiger partial charge in [-0.05, 0) is 67.0 Å². The summed E-state index contributed by atoms with van der Waals surface area (Å²) in [7, 11) is 0. The van der Waals surface area contributed by atoms with Crippen LogP contribution in [0.2, 0.25) is 0 Å². The van der Waals surface area contributed by atoms with Gasteiger partial charge in [0.1, 0.15) is 5.75 Å². The Morgan fingerprint density at radius 3 is 2.19 bits per heavy atom. The number of aliphatic hydroxyl groups is 1. The third-order valence-corrected chi connectivity index (χ3v) is 8.40. The van der Waals surface area contributed by atoms with Gasteiger partial charge in [0.05, 0.1) is 5.60 Å². The molecule has 2 unspecified atom stereocenters. The Kier molecular flexibility index (Phi) is 11.4.